The van der Waals surface area contributed by atoms with Crippen molar-refractivity contribution < 1.29 is 28.6 Å². The summed E-state index contributed by atoms with van der Waals surface area (Å²) in [7, 11) is 0. The third-order valence-corrected chi connectivity index (χ3v) is 14.0. The van der Waals surface area contributed by atoms with Crippen molar-refractivity contribution in [1.82, 2.24) is 0 Å². The van der Waals surface area contributed by atoms with Crippen LogP contribution < -0.4 is 0 Å². The first-order chi connectivity index (χ1) is 41.0. The van der Waals surface area contributed by atoms with E-state index in [0.717, 1.165) is 141 Å². The van der Waals surface area contributed by atoms with Gasteiger partial charge in [-0.3, -0.25) is 14.4 Å². The van der Waals surface area contributed by atoms with E-state index in [0.29, 0.717) is 25.7 Å². The lowest BCUT2D eigenvalue weighted by Gasteiger charge is -2.18. The van der Waals surface area contributed by atoms with Crippen molar-refractivity contribution in [2.75, 3.05) is 13.2 Å². The summed E-state index contributed by atoms with van der Waals surface area (Å²) in [6.45, 7) is 6.37. The molecule has 0 aromatic carbocycles. The molecule has 468 valence electrons. The van der Waals surface area contributed by atoms with E-state index >= 15 is 0 Å². The molecule has 0 aliphatic rings. The van der Waals surface area contributed by atoms with Crippen molar-refractivity contribution in [2.45, 2.75) is 297 Å². The van der Waals surface area contributed by atoms with E-state index in [-0.39, 0.29) is 31.1 Å². The first kappa shape index (κ1) is 78.0. The van der Waals surface area contributed by atoms with E-state index in [1.54, 1.807) is 0 Å². The Balaban J connectivity index is 4.51. The topological polar surface area (TPSA) is 78.9 Å². The van der Waals surface area contributed by atoms with Crippen molar-refractivity contribution in [1.29, 1.82) is 0 Å². The number of hydrogen-bond acceptors (Lipinski definition) is 6. The van der Waals surface area contributed by atoms with Crippen molar-refractivity contribution in [3.05, 3.63) is 158 Å². The Bertz CT molecular complexity index is 1840. The summed E-state index contributed by atoms with van der Waals surface area (Å²) < 4.78 is 16.9. The van der Waals surface area contributed by atoms with Crippen LogP contribution in [-0.2, 0) is 28.6 Å². The SMILES string of the molecule is CC/C=C\C/C=C\C/C=C\C/C=C\C/C=C\C/C=C\C/C=C\C/C=C\CCCCC(=O)OCC(COC(=O)CCCCCCCCCCC/C=C\CCCCCCCC)OC(=O)CCCCCCCC/C=C\C/C=C\C/C=C\C/C=C\CC. The highest BCUT2D eigenvalue weighted by atomic mass is 16.6. The maximum absolute atomic E-state index is 12.9. The second-order valence-corrected chi connectivity index (χ2v) is 22.0. The molecule has 6 heteroatoms. The average molecular weight is 1150 g/mol. The van der Waals surface area contributed by atoms with Gasteiger partial charge in [0.15, 0.2) is 6.10 Å². The van der Waals surface area contributed by atoms with E-state index in [1.165, 1.54) is 103 Å². The van der Waals surface area contributed by atoms with Crippen molar-refractivity contribution in [3.63, 3.8) is 0 Å². The molecule has 1 unspecified atom stereocenters. The molecule has 0 N–H and O–H groups in total. The maximum Gasteiger partial charge on any atom is 0.306 e. The molecular weight excluding hydrogens is 1020 g/mol. The molecule has 0 spiro atoms. The van der Waals surface area contributed by atoms with Crippen LogP contribution in [0.4, 0.5) is 0 Å². The number of unbranched alkanes of at least 4 members (excludes halogenated alkanes) is 23. The first-order valence-corrected chi connectivity index (χ1v) is 34.0. The smallest absolute Gasteiger partial charge is 0.306 e. The number of carbonyl (C=O) groups excluding carboxylic acids is 3. The van der Waals surface area contributed by atoms with E-state index in [9.17, 15) is 14.4 Å². The summed E-state index contributed by atoms with van der Waals surface area (Å²) in [4.78, 5) is 38.4. The minimum absolute atomic E-state index is 0.104. The molecule has 0 fully saturated rings. The summed E-state index contributed by atoms with van der Waals surface area (Å²) in [6.07, 6.45) is 101. The zero-order chi connectivity index (χ0) is 59.9. The largest absolute Gasteiger partial charge is 0.462 e. The van der Waals surface area contributed by atoms with Crippen LogP contribution in [0.5, 0.6) is 0 Å². The van der Waals surface area contributed by atoms with Gasteiger partial charge in [0.2, 0.25) is 0 Å². The minimum Gasteiger partial charge on any atom is -0.462 e. The molecule has 83 heavy (non-hydrogen) atoms. The molecule has 6 nitrogen and oxygen atoms in total. The van der Waals surface area contributed by atoms with Crippen molar-refractivity contribution in [3.8, 4) is 0 Å². The zero-order valence-electron chi connectivity index (χ0n) is 53.7. The zero-order valence-corrected chi connectivity index (χ0v) is 53.7. The lowest BCUT2D eigenvalue weighted by molar-refractivity contribution is -0.167. The van der Waals surface area contributed by atoms with Crippen molar-refractivity contribution >= 4 is 17.9 Å². The van der Waals surface area contributed by atoms with Gasteiger partial charge in [0.25, 0.3) is 0 Å². The second kappa shape index (κ2) is 69.5. The van der Waals surface area contributed by atoms with E-state index in [2.05, 4.69) is 179 Å². The Kier molecular flexibility index (Phi) is 65.4. The van der Waals surface area contributed by atoms with Crippen LogP contribution in [0.25, 0.3) is 0 Å². The van der Waals surface area contributed by atoms with Gasteiger partial charge in [-0.25, -0.2) is 0 Å². The van der Waals surface area contributed by atoms with Gasteiger partial charge < -0.3 is 14.2 Å². The molecule has 0 aliphatic heterocycles. The van der Waals surface area contributed by atoms with Gasteiger partial charge in [0.1, 0.15) is 13.2 Å². The van der Waals surface area contributed by atoms with Gasteiger partial charge in [0.05, 0.1) is 0 Å². The lowest BCUT2D eigenvalue weighted by atomic mass is 10.1. The summed E-state index contributed by atoms with van der Waals surface area (Å²) in [5.74, 6) is -0.965. The highest BCUT2D eigenvalue weighted by Gasteiger charge is 2.19. The molecule has 0 radical (unpaired) electrons. The molecule has 0 rings (SSSR count). The second-order valence-electron chi connectivity index (χ2n) is 22.0. The highest BCUT2D eigenvalue weighted by molar-refractivity contribution is 5.71. The molecule has 0 heterocycles. The summed E-state index contributed by atoms with van der Waals surface area (Å²) in [5, 5.41) is 0. The van der Waals surface area contributed by atoms with Crippen LogP contribution in [0.15, 0.2) is 158 Å². The van der Waals surface area contributed by atoms with Gasteiger partial charge in [-0.05, 0) is 148 Å². The normalized spacial score (nSPS) is 13.1. The highest BCUT2D eigenvalue weighted by Crippen LogP contribution is 2.15. The van der Waals surface area contributed by atoms with Crippen LogP contribution >= 0.6 is 0 Å². The Hall–Kier alpha value is -4.97. The third kappa shape index (κ3) is 67.7. The van der Waals surface area contributed by atoms with Gasteiger partial charge in [-0.1, -0.05) is 281 Å². The van der Waals surface area contributed by atoms with Crippen LogP contribution in [0.1, 0.15) is 290 Å². The fourth-order valence-electron chi connectivity index (χ4n) is 8.97. The molecule has 0 amide bonds. The minimum atomic E-state index is -0.815. The molecule has 0 saturated heterocycles. The van der Waals surface area contributed by atoms with E-state index < -0.39 is 6.10 Å². The van der Waals surface area contributed by atoms with Gasteiger partial charge in [-0.15, -0.1) is 0 Å². The summed E-state index contributed by atoms with van der Waals surface area (Å²) in [6, 6.07) is 0. The number of rotatable bonds is 60. The van der Waals surface area contributed by atoms with Crippen LogP contribution in [0.2, 0.25) is 0 Å². The fraction of sp³-hybridized carbons (Fsp3) is 0.623. The average Bonchev–Trinajstić information content (AvgIpc) is 3.50. The van der Waals surface area contributed by atoms with Gasteiger partial charge in [-0.2, -0.15) is 0 Å². The number of esters is 3. The maximum atomic E-state index is 12.9. The Morgan fingerprint density at radius 2 is 0.470 bits per heavy atom. The molecule has 0 aromatic heterocycles. The van der Waals surface area contributed by atoms with Crippen LogP contribution in [0, 0.1) is 0 Å². The molecule has 1 atom stereocenters. The van der Waals surface area contributed by atoms with Crippen LogP contribution in [-0.4, -0.2) is 37.2 Å². The number of allylic oxidation sites excluding steroid dienone is 26. The number of hydrogen-bond donors (Lipinski definition) is 0. The number of carbonyl (C=O) groups is 3. The quantitative estimate of drug-likeness (QED) is 0.0261. The third-order valence-electron chi connectivity index (χ3n) is 14.0. The Morgan fingerprint density at radius 3 is 0.771 bits per heavy atom. The molecule has 0 bridgehead atoms. The van der Waals surface area contributed by atoms with Crippen LogP contribution in [0.3, 0.4) is 0 Å². The Labute approximate surface area is 511 Å². The molecule has 0 saturated carbocycles. The monoisotopic (exact) mass is 1140 g/mol. The van der Waals surface area contributed by atoms with Gasteiger partial charge >= 0.3 is 17.9 Å². The predicted octanol–water partition coefficient (Wildman–Crippen LogP) is 23.7. The van der Waals surface area contributed by atoms with E-state index in [1.807, 2.05) is 0 Å². The number of ether oxygens (including phenoxy) is 3. The summed E-state index contributed by atoms with van der Waals surface area (Å²) >= 11 is 0. The standard InChI is InChI=1S/C77H124O6/c1-4-7-10-13-16-19-22-25-28-31-34-35-36-37-38-39-40-41-44-46-49-52-55-58-61-64-67-70-76(79)82-73-74(83-77(80)71-68-65-62-59-56-53-50-47-43-33-30-27-24-21-18-15-12-9-6-3)72-81-75(78)69-66-63-60-57-54-51-48-45-42-32-29-26-23-20-17-14-11-8-5-2/h7,9-10,12,16,18-19,21,25-30,34-35,37-38,40-41,43,46-47,49,55,58,74H,4-6,8,11,13-15,17,20,22-24,31-33,36,39,42,44-45,48,50-54,56-57,59-73H2,1-3H3/b10-7-,12-9-,19-16-,21-18-,28-25-,29-26-,30-27-,35-34-,38-37-,41-40-,47-43-,49-46-,58-55-. The molecule has 0 aromatic rings. The molecular formula is C77H124O6. The van der Waals surface area contributed by atoms with Crippen molar-refractivity contribution in [2.24, 2.45) is 0 Å². The lowest BCUT2D eigenvalue weighted by Crippen LogP contribution is -2.30. The summed E-state index contributed by atoms with van der Waals surface area (Å²) in [5.41, 5.74) is 0. The predicted molar refractivity (Wildman–Crippen MR) is 362 cm³/mol. The molecule has 0 aliphatic carbocycles. The van der Waals surface area contributed by atoms with Gasteiger partial charge in [0, 0.05) is 19.3 Å². The fourth-order valence-corrected chi connectivity index (χ4v) is 8.97. The first-order valence-electron chi connectivity index (χ1n) is 34.0. The Morgan fingerprint density at radius 1 is 0.253 bits per heavy atom. The van der Waals surface area contributed by atoms with E-state index in [4.69, 9.17) is 14.2 Å².